The summed E-state index contributed by atoms with van der Waals surface area (Å²) in [6.45, 7) is 1.70. The number of furan rings is 1. The molecule has 0 radical (unpaired) electrons. The van der Waals surface area contributed by atoms with Crippen LogP contribution in [-0.4, -0.2) is 15.8 Å². The summed E-state index contributed by atoms with van der Waals surface area (Å²) in [4.78, 5) is 25.9. The van der Waals surface area contributed by atoms with Crippen molar-refractivity contribution in [2.24, 2.45) is 0 Å². The van der Waals surface area contributed by atoms with E-state index in [0.29, 0.717) is 5.76 Å². The lowest BCUT2D eigenvalue weighted by atomic mass is 10.2. The highest BCUT2D eigenvalue weighted by Crippen LogP contribution is 2.21. The summed E-state index contributed by atoms with van der Waals surface area (Å²) >= 11 is 5.67. The molecule has 1 unspecified atom stereocenters. The predicted octanol–water partition coefficient (Wildman–Crippen LogP) is 2.73. The molecule has 1 atom stereocenters. The van der Waals surface area contributed by atoms with E-state index in [-0.39, 0.29) is 10.7 Å². The number of carbonyl (C=O) groups is 1. The first-order valence-electron chi connectivity index (χ1n) is 5.63. The summed E-state index contributed by atoms with van der Waals surface area (Å²) in [5.41, 5.74) is -0.549. The summed E-state index contributed by atoms with van der Waals surface area (Å²) in [5, 5.41) is 13.5. The summed E-state index contributed by atoms with van der Waals surface area (Å²) in [6.07, 6.45) is 2.43. The largest absolute Gasteiger partial charge is 0.467 e. The maximum Gasteiger partial charge on any atom is 0.300 e. The Bertz CT molecular complexity index is 642. The fourth-order valence-electron chi connectivity index (χ4n) is 1.63. The highest BCUT2D eigenvalue weighted by molar-refractivity contribution is 6.29. The van der Waals surface area contributed by atoms with Crippen LogP contribution in [0, 0.1) is 10.1 Å². The molecule has 0 saturated heterocycles. The smallest absolute Gasteiger partial charge is 0.300 e. The van der Waals surface area contributed by atoms with Gasteiger partial charge in [-0.25, -0.2) is 4.98 Å². The van der Waals surface area contributed by atoms with Gasteiger partial charge in [-0.05, 0) is 25.1 Å². The number of hydrogen-bond donors (Lipinski definition) is 1. The molecule has 20 heavy (non-hydrogen) atoms. The van der Waals surface area contributed by atoms with E-state index >= 15 is 0 Å². The minimum atomic E-state index is -0.685. The second-order valence-electron chi connectivity index (χ2n) is 3.99. The van der Waals surface area contributed by atoms with E-state index in [0.717, 1.165) is 12.3 Å². The first-order chi connectivity index (χ1) is 9.49. The van der Waals surface area contributed by atoms with E-state index in [1.807, 2.05) is 0 Å². The lowest BCUT2D eigenvalue weighted by molar-refractivity contribution is -0.385. The van der Waals surface area contributed by atoms with Crippen molar-refractivity contribution in [1.82, 2.24) is 10.3 Å². The van der Waals surface area contributed by atoms with Crippen LogP contribution in [-0.2, 0) is 0 Å². The molecule has 0 aromatic carbocycles. The van der Waals surface area contributed by atoms with Crippen LogP contribution < -0.4 is 5.32 Å². The lowest BCUT2D eigenvalue weighted by Crippen LogP contribution is -2.27. The Labute approximate surface area is 118 Å². The molecule has 0 spiro atoms. The molecule has 7 nitrogen and oxygen atoms in total. The van der Waals surface area contributed by atoms with E-state index < -0.39 is 22.6 Å². The van der Waals surface area contributed by atoms with Crippen molar-refractivity contribution in [3.8, 4) is 0 Å². The number of nitrogens with zero attached hydrogens (tertiary/aromatic N) is 2. The molecule has 1 N–H and O–H groups in total. The van der Waals surface area contributed by atoms with Crippen LogP contribution in [0.15, 0.2) is 35.1 Å². The number of aromatic nitrogens is 1. The molecule has 0 aliphatic rings. The number of nitro groups is 1. The normalized spacial score (nSPS) is 11.9. The molecule has 0 aliphatic carbocycles. The van der Waals surface area contributed by atoms with Gasteiger partial charge in [0.25, 0.3) is 11.6 Å². The summed E-state index contributed by atoms with van der Waals surface area (Å²) in [6, 6.07) is 4.11. The van der Waals surface area contributed by atoms with E-state index in [1.165, 1.54) is 6.26 Å². The molecule has 2 aromatic heterocycles. The molecule has 0 aliphatic heterocycles. The van der Waals surface area contributed by atoms with Crippen LogP contribution in [0.5, 0.6) is 0 Å². The minimum Gasteiger partial charge on any atom is -0.467 e. The van der Waals surface area contributed by atoms with Crippen LogP contribution >= 0.6 is 11.6 Å². The van der Waals surface area contributed by atoms with E-state index in [2.05, 4.69) is 10.3 Å². The van der Waals surface area contributed by atoms with Crippen molar-refractivity contribution in [1.29, 1.82) is 0 Å². The molecule has 1 amide bonds. The van der Waals surface area contributed by atoms with Crippen molar-refractivity contribution in [3.63, 3.8) is 0 Å². The third kappa shape index (κ3) is 2.94. The summed E-state index contributed by atoms with van der Waals surface area (Å²) < 4.78 is 5.15. The number of nitrogens with one attached hydrogen (secondary N) is 1. The Kier molecular flexibility index (Phi) is 3.99. The number of rotatable bonds is 4. The average molecular weight is 296 g/mol. The van der Waals surface area contributed by atoms with Gasteiger partial charge < -0.3 is 9.73 Å². The topological polar surface area (TPSA) is 98.3 Å². The number of hydrogen-bond acceptors (Lipinski definition) is 5. The van der Waals surface area contributed by atoms with Gasteiger partial charge in [0.2, 0.25) is 0 Å². The van der Waals surface area contributed by atoms with E-state index in [9.17, 15) is 14.9 Å². The maximum absolute atomic E-state index is 12.1. The molecule has 2 aromatic rings. The van der Waals surface area contributed by atoms with Gasteiger partial charge in [-0.3, -0.25) is 14.9 Å². The molecule has 0 bridgehead atoms. The van der Waals surface area contributed by atoms with Gasteiger partial charge in [-0.15, -0.1) is 0 Å². The van der Waals surface area contributed by atoms with Crippen molar-refractivity contribution < 1.29 is 14.1 Å². The molecule has 0 saturated carbocycles. The van der Waals surface area contributed by atoms with Crippen molar-refractivity contribution in [2.45, 2.75) is 13.0 Å². The molecule has 0 fully saturated rings. The van der Waals surface area contributed by atoms with Gasteiger partial charge in [0, 0.05) is 0 Å². The fourth-order valence-corrected chi connectivity index (χ4v) is 1.79. The van der Waals surface area contributed by atoms with Crippen molar-refractivity contribution in [3.05, 3.63) is 57.3 Å². The standard InChI is InChI=1S/C12H10ClN3O4/c1-7(10-3-2-4-20-10)15-12(17)8-5-11(13)14-6-9(8)16(18)19/h2-7H,1H3,(H,15,17). The lowest BCUT2D eigenvalue weighted by Gasteiger charge is -2.11. The first kappa shape index (κ1) is 14.0. The van der Waals surface area contributed by atoms with Gasteiger partial charge in [0.05, 0.1) is 17.2 Å². The second kappa shape index (κ2) is 5.70. The Balaban J connectivity index is 2.25. The zero-order valence-corrected chi connectivity index (χ0v) is 11.1. The van der Waals surface area contributed by atoms with E-state index in [4.69, 9.17) is 16.0 Å². The Morgan fingerprint density at radius 1 is 1.60 bits per heavy atom. The Hall–Kier alpha value is -2.41. The van der Waals surface area contributed by atoms with Crippen molar-refractivity contribution >= 4 is 23.2 Å². The van der Waals surface area contributed by atoms with Crippen LogP contribution in [0.2, 0.25) is 5.15 Å². The van der Waals surface area contributed by atoms with Crippen LogP contribution in [0.4, 0.5) is 5.69 Å². The summed E-state index contributed by atoms with van der Waals surface area (Å²) in [5.74, 6) is -0.0777. The minimum absolute atomic E-state index is 0.00593. The third-order valence-electron chi connectivity index (χ3n) is 2.61. The molecule has 8 heteroatoms. The Morgan fingerprint density at radius 3 is 2.95 bits per heavy atom. The zero-order chi connectivity index (χ0) is 14.7. The number of carbonyl (C=O) groups excluding carboxylic acids is 1. The molecule has 104 valence electrons. The monoisotopic (exact) mass is 295 g/mol. The van der Waals surface area contributed by atoms with Crippen LogP contribution in [0.1, 0.15) is 29.1 Å². The fraction of sp³-hybridized carbons (Fsp3) is 0.167. The number of amides is 1. The van der Waals surface area contributed by atoms with Gasteiger partial charge in [0.15, 0.2) is 0 Å². The Morgan fingerprint density at radius 2 is 2.35 bits per heavy atom. The third-order valence-corrected chi connectivity index (χ3v) is 2.82. The highest BCUT2D eigenvalue weighted by atomic mass is 35.5. The highest BCUT2D eigenvalue weighted by Gasteiger charge is 2.23. The molecular formula is C12H10ClN3O4. The predicted molar refractivity (Wildman–Crippen MR) is 70.5 cm³/mol. The molecular weight excluding hydrogens is 286 g/mol. The molecule has 2 heterocycles. The average Bonchev–Trinajstić information content (AvgIpc) is 2.92. The number of pyridine rings is 1. The van der Waals surface area contributed by atoms with Gasteiger partial charge >= 0.3 is 0 Å². The van der Waals surface area contributed by atoms with Gasteiger partial charge in [-0.2, -0.15) is 0 Å². The quantitative estimate of drug-likeness (QED) is 0.531. The SMILES string of the molecule is CC(NC(=O)c1cc(Cl)ncc1[N+](=O)[O-])c1ccco1. The first-order valence-corrected chi connectivity index (χ1v) is 6.01. The van der Waals surface area contributed by atoms with E-state index in [1.54, 1.807) is 19.1 Å². The zero-order valence-electron chi connectivity index (χ0n) is 10.4. The van der Waals surface area contributed by atoms with Gasteiger partial charge in [0.1, 0.15) is 22.7 Å². The summed E-state index contributed by atoms with van der Waals surface area (Å²) in [7, 11) is 0. The van der Waals surface area contributed by atoms with Crippen molar-refractivity contribution in [2.75, 3.05) is 0 Å². The van der Waals surface area contributed by atoms with Crippen LogP contribution in [0.3, 0.4) is 0 Å². The molecule has 2 rings (SSSR count). The number of halogens is 1. The van der Waals surface area contributed by atoms with Gasteiger partial charge in [-0.1, -0.05) is 11.6 Å². The second-order valence-corrected chi connectivity index (χ2v) is 4.38. The maximum atomic E-state index is 12.1. The van der Waals surface area contributed by atoms with Crippen LogP contribution in [0.25, 0.3) is 0 Å².